The molecule has 4 nitrogen and oxygen atoms in total. The van der Waals surface area contributed by atoms with Gasteiger partial charge in [-0.1, -0.05) is 17.7 Å². The van der Waals surface area contributed by atoms with Crippen LogP contribution in [0.4, 0.5) is 0 Å². The van der Waals surface area contributed by atoms with Crippen molar-refractivity contribution in [2.24, 2.45) is 5.73 Å². The van der Waals surface area contributed by atoms with Crippen LogP contribution in [-0.4, -0.2) is 26.2 Å². The topological polar surface area (TPSA) is 61.5 Å². The molecule has 0 aromatic heterocycles. The number of esters is 1. The third-order valence-corrected chi connectivity index (χ3v) is 2.58. The molecule has 2 N–H and O–H groups in total. The van der Waals surface area contributed by atoms with Gasteiger partial charge < -0.3 is 15.2 Å². The predicted molar refractivity (Wildman–Crippen MR) is 61.7 cm³/mol. The summed E-state index contributed by atoms with van der Waals surface area (Å²) in [5.41, 5.74) is 6.38. The third-order valence-electron chi connectivity index (χ3n) is 2.22. The SMILES string of the molecule is COC(=O)C(N)Cc1c(Cl)cccc1OC. The maximum absolute atomic E-state index is 11.2. The first-order valence-electron chi connectivity index (χ1n) is 4.75. The summed E-state index contributed by atoms with van der Waals surface area (Å²) in [6, 6.07) is 4.53. The maximum atomic E-state index is 11.2. The fourth-order valence-electron chi connectivity index (χ4n) is 1.38. The van der Waals surface area contributed by atoms with Crippen LogP contribution in [0, 0.1) is 0 Å². The summed E-state index contributed by atoms with van der Waals surface area (Å²) in [5.74, 6) is 0.147. The minimum atomic E-state index is -0.737. The molecule has 88 valence electrons. The highest BCUT2D eigenvalue weighted by Gasteiger charge is 2.18. The molecule has 1 aromatic rings. The van der Waals surface area contributed by atoms with Crippen molar-refractivity contribution in [3.63, 3.8) is 0 Å². The number of rotatable bonds is 4. The van der Waals surface area contributed by atoms with Crippen LogP contribution in [0.25, 0.3) is 0 Å². The van der Waals surface area contributed by atoms with Gasteiger partial charge in [-0.15, -0.1) is 0 Å². The van der Waals surface area contributed by atoms with Gasteiger partial charge in [-0.05, 0) is 12.1 Å². The largest absolute Gasteiger partial charge is 0.496 e. The Morgan fingerprint density at radius 1 is 1.50 bits per heavy atom. The Morgan fingerprint density at radius 2 is 2.19 bits per heavy atom. The second-order valence-corrected chi connectivity index (χ2v) is 3.66. The van der Waals surface area contributed by atoms with Crippen LogP contribution in [0.3, 0.4) is 0 Å². The fourth-order valence-corrected chi connectivity index (χ4v) is 1.63. The average Bonchev–Trinajstić information content (AvgIpc) is 2.30. The van der Waals surface area contributed by atoms with Crippen LogP contribution < -0.4 is 10.5 Å². The van der Waals surface area contributed by atoms with E-state index in [0.717, 1.165) is 0 Å². The number of carbonyl (C=O) groups excluding carboxylic acids is 1. The Bertz CT molecular complexity index is 381. The molecule has 0 saturated carbocycles. The van der Waals surface area contributed by atoms with Crippen molar-refractivity contribution in [3.05, 3.63) is 28.8 Å². The normalized spacial score (nSPS) is 12.0. The Balaban J connectivity index is 2.91. The van der Waals surface area contributed by atoms with Gasteiger partial charge >= 0.3 is 5.97 Å². The molecule has 0 saturated heterocycles. The maximum Gasteiger partial charge on any atom is 0.322 e. The molecule has 0 heterocycles. The highest BCUT2D eigenvalue weighted by Crippen LogP contribution is 2.27. The lowest BCUT2D eigenvalue weighted by Gasteiger charge is -2.13. The number of hydrogen-bond acceptors (Lipinski definition) is 4. The summed E-state index contributed by atoms with van der Waals surface area (Å²) in [6.07, 6.45) is 0.287. The smallest absolute Gasteiger partial charge is 0.322 e. The number of hydrogen-bond donors (Lipinski definition) is 1. The molecule has 0 radical (unpaired) electrons. The van der Waals surface area contributed by atoms with Crippen molar-refractivity contribution in [2.45, 2.75) is 12.5 Å². The molecular weight excluding hydrogens is 230 g/mol. The van der Waals surface area contributed by atoms with Gasteiger partial charge in [0.05, 0.1) is 14.2 Å². The second-order valence-electron chi connectivity index (χ2n) is 3.25. The van der Waals surface area contributed by atoms with E-state index in [4.69, 9.17) is 22.1 Å². The van der Waals surface area contributed by atoms with Crippen LogP contribution >= 0.6 is 11.6 Å². The molecule has 1 atom stereocenters. The highest BCUT2D eigenvalue weighted by molar-refractivity contribution is 6.31. The van der Waals surface area contributed by atoms with E-state index >= 15 is 0 Å². The number of methoxy groups -OCH3 is 2. The molecule has 0 aliphatic heterocycles. The molecule has 16 heavy (non-hydrogen) atoms. The van der Waals surface area contributed by atoms with Gasteiger partial charge in [0.1, 0.15) is 11.8 Å². The Hall–Kier alpha value is -1.26. The minimum absolute atomic E-state index is 0.287. The standard InChI is InChI=1S/C11H14ClNO3/c1-15-10-5-3-4-8(12)7(10)6-9(13)11(14)16-2/h3-5,9H,6,13H2,1-2H3. The molecule has 0 spiro atoms. The van der Waals surface area contributed by atoms with Gasteiger partial charge in [-0.25, -0.2) is 0 Å². The molecule has 0 aliphatic rings. The van der Waals surface area contributed by atoms with E-state index in [1.54, 1.807) is 25.3 Å². The first kappa shape index (κ1) is 12.8. The highest BCUT2D eigenvalue weighted by atomic mass is 35.5. The first-order chi connectivity index (χ1) is 7.60. The lowest BCUT2D eigenvalue weighted by atomic mass is 10.1. The molecule has 0 fully saturated rings. The van der Waals surface area contributed by atoms with Crippen molar-refractivity contribution in [2.75, 3.05) is 14.2 Å². The lowest BCUT2D eigenvalue weighted by Crippen LogP contribution is -2.33. The minimum Gasteiger partial charge on any atom is -0.496 e. The van der Waals surface area contributed by atoms with Crippen LogP contribution in [0.1, 0.15) is 5.56 Å². The Kier molecular flexibility index (Phi) is 4.58. The zero-order chi connectivity index (χ0) is 12.1. The summed E-state index contributed by atoms with van der Waals surface area (Å²) in [7, 11) is 2.84. The van der Waals surface area contributed by atoms with Gasteiger partial charge in [-0.3, -0.25) is 4.79 Å². The summed E-state index contributed by atoms with van der Waals surface area (Å²) >= 11 is 6.01. The molecule has 0 bridgehead atoms. The lowest BCUT2D eigenvalue weighted by molar-refractivity contribution is -0.142. The van der Waals surface area contributed by atoms with E-state index in [0.29, 0.717) is 16.3 Å². The fraction of sp³-hybridized carbons (Fsp3) is 0.364. The third kappa shape index (κ3) is 2.87. The van der Waals surface area contributed by atoms with Crippen LogP contribution in [0.5, 0.6) is 5.75 Å². The van der Waals surface area contributed by atoms with E-state index < -0.39 is 12.0 Å². The average molecular weight is 244 g/mol. The van der Waals surface area contributed by atoms with E-state index in [9.17, 15) is 4.79 Å². The van der Waals surface area contributed by atoms with E-state index in [1.807, 2.05) is 0 Å². The van der Waals surface area contributed by atoms with Gasteiger partial charge in [0.15, 0.2) is 0 Å². The Morgan fingerprint density at radius 3 is 2.75 bits per heavy atom. The van der Waals surface area contributed by atoms with E-state index in [2.05, 4.69) is 4.74 Å². The molecule has 1 unspecified atom stereocenters. The number of halogens is 1. The molecular formula is C11H14ClNO3. The van der Waals surface area contributed by atoms with Gasteiger partial charge in [-0.2, -0.15) is 0 Å². The molecule has 1 aromatic carbocycles. The molecule has 0 amide bonds. The van der Waals surface area contributed by atoms with Crippen LogP contribution in [0.2, 0.25) is 5.02 Å². The second kappa shape index (κ2) is 5.72. The van der Waals surface area contributed by atoms with Crippen molar-refractivity contribution in [1.82, 2.24) is 0 Å². The van der Waals surface area contributed by atoms with E-state index in [1.165, 1.54) is 7.11 Å². The summed E-state index contributed by atoms with van der Waals surface area (Å²) < 4.78 is 9.70. The first-order valence-corrected chi connectivity index (χ1v) is 5.12. The number of benzene rings is 1. The summed E-state index contributed by atoms with van der Waals surface area (Å²) in [4.78, 5) is 11.2. The number of nitrogens with two attached hydrogens (primary N) is 1. The van der Waals surface area contributed by atoms with Gasteiger partial charge in [0, 0.05) is 17.0 Å². The monoisotopic (exact) mass is 243 g/mol. The van der Waals surface area contributed by atoms with Gasteiger partial charge in [0.2, 0.25) is 0 Å². The van der Waals surface area contributed by atoms with Gasteiger partial charge in [0.25, 0.3) is 0 Å². The molecule has 5 heteroatoms. The summed E-state index contributed by atoms with van der Waals surface area (Å²) in [6.45, 7) is 0. The van der Waals surface area contributed by atoms with Crippen LogP contribution in [-0.2, 0) is 16.0 Å². The quantitative estimate of drug-likeness (QED) is 0.812. The van der Waals surface area contributed by atoms with Crippen LogP contribution in [0.15, 0.2) is 18.2 Å². The van der Waals surface area contributed by atoms with E-state index in [-0.39, 0.29) is 6.42 Å². The number of ether oxygens (including phenoxy) is 2. The van der Waals surface area contributed by atoms with Crippen molar-refractivity contribution in [3.8, 4) is 5.75 Å². The molecule has 1 rings (SSSR count). The van der Waals surface area contributed by atoms with Crippen molar-refractivity contribution < 1.29 is 14.3 Å². The Labute approximate surface area is 99.3 Å². The zero-order valence-electron chi connectivity index (χ0n) is 9.20. The molecule has 0 aliphatic carbocycles. The van der Waals surface area contributed by atoms with Crippen molar-refractivity contribution in [1.29, 1.82) is 0 Å². The predicted octanol–water partition coefficient (Wildman–Crippen LogP) is 1.39. The van der Waals surface area contributed by atoms with Crippen molar-refractivity contribution >= 4 is 17.6 Å². The zero-order valence-corrected chi connectivity index (χ0v) is 9.95. The number of carbonyl (C=O) groups is 1. The summed E-state index contributed by atoms with van der Waals surface area (Å²) in [5, 5.41) is 0.527.